The molecule has 3 N–H and O–H groups in total. The first kappa shape index (κ1) is 17.6. The average molecular weight is 349 g/mol. The van der Waals surface area contributed by atoms with Gasteiger partial charge in [-0.2, -0.15) is 0 Å². The van der Waals surface area contributed by atoms with Gasteiger partial charge in [-0.15, -0.1) is 0 Å². The lowest BCUT2D eigenvalue weighted by Gasteiger charge is -2.11. The van der Waals surface area contributed by atoms with E-state index in [-0.39, 0.29) is 22.0 Å². The summed E-state index contributed by atoms with van der Waals surface area (Å²) in [7, 11) is 1.39. The molecular formula is C17H17ClN2O4. The monoisotopic (exact) mass is 348 g/mol. The van der Waals surface area contributed by atoms with Crippen LogP contribution in [-0.2, 0) is 9.53 Å². The van der Waals surface area contributed by atoms with Crippen LogP contribution in [0.2, 0.25) is 5.02 Å². The minimum Gasteiger partial charge on any atom is -0.496 e. The zero-order valence-corrected chi connectivity index (χ0v) is 14.0. The lowest BCUT2D eigenvalue weighted by atomic mass is 10.2. The summed E-state index contributed by atoms with van der Waals surface area (Å²) in [5, 5.41) is 2.85. The van der Waals surface area contributed by atoms with Crippen molar-refractivity contribution in [3.63, 3.8) is 0 Å². The molecule has 2 rings (SSSR count). The number of methoxy groups -OCH3 is 1. The molecule has 1 amide bonds. The zero-order valence-electron chi connectivity index (χ0n) is 13.3. The molecule has 0 radical (unpaired) electrons. The van der Waals surface area contributed by atoms with Gasteiger partial charge in [-0.1, -0.05) is 23.7 Å². The Bertz CT molecular complexity index is 777. The number of aryl methyl sites for hydroxylation is 1. The fourth-order valence-electron chi connectivity index (χ4n) is 2.03. The third kappa shape index (κ3) is 4.39. The first-order valence-electron chi connectivity index (χ1n) is 7.07. The number of esters is 1. The minimum atomic E-state index is -0.729. The average Bonchev–Trinajstić information content (AvgIpc) is 2.54. The van der Waals surface area contributed by atoms with Crippen LogP contribution < -0.4 is 15.8 Å². The smallest absolute Gasteiger partial charge is 0.342 e. The van der Waals surface area contributed by atoms with Crippen molar-refractivity contribution in [3.05, 3.63) is 52.5 Å². The van der Waals surface area contributed by atoms with E-state index in [9.17, 15) is 9.59 Å². The highest BCUT2D eigenvalue weighted by Gasteiger charge is 2.17. The van der Waals surface area contributed by atoms with E-state index in [0.29, 0.717) is 5.69 Å². The molecule has 0 saturated carbocycles. The molecule has 0 spiro atoms. The lowest BCUT2D eigenvalue weighted by molar-refractivity contribution is -0.119. The maximum Gasteiger partial charge on any atom is 0.342 e. The Hall–Kier alpha value is -2.73. The lowest BCUT2D eigenvalue weighted by Crippen LogP contribution is -2.21. The molecule has 6 nitrogen and oxygen atoms in total. The first-order chi connectivity index (χ1) is 11.4. The number of hydrogen-bond acceptors (Lipinski definition) is 5. The molecule has 0 fully saturated rings. The van der Waals surface area contributed by atoms with E-state index in [1.807, 2.05) is 25.1 Å². The number of nitrogens with one attached hydrogen (secondary N) is 1. The second-order valence-corrected chi connectivity index (χ2v) is 5.47. The molecule has 24 heavy (non-hydrogen) atoms. The SMILES string of the molecule is COc1cc(N)c(Cl)cc1C(=O)OCC(=O)Nc1cccc(C)c1. The number of ether oxygens (including phenoxy) is 2. The molecular weight excluding hydrogens is 332 g/mol. The van der Waals surface area contributed by atoms with Crippen LogP contribution in [0.4, 0.5) is 11.4 Å². The highest BCUT2D eigenvalue weighted by molar-refractivity contribution is 6.33. The van der Waals surface area contributed by atoms with E-state index in [0.717, 1.165) is 5.56 Å². The van der Waals surface area contributed by atoms with Crippen molar-refractivity contribution in [1.29, 1.82) is 0 Å². The third-order valence-corrected chi connectivity index (χ3v) is 3.50. The summed E-state index contributed by atoms with van der Waals surface area (Å²) in [4.78, 5) is 24.0. The Labute approximate surface area is 144 Å². The van der Waals surface area contributed by atoms with E-state index in [4.69, 9.17) is 26.8 Å². The predicted octanol–water partition coefficient (Wildman–Crippen LogP) is 3.03. The Kier molecular flexibility index (Phi) is 5.65. The molecule has 7 heteroatoms. The van der Waals surface area contributed by atoms with E-state index >= 15 is 0 Å². The number of hydrogen-bond donors (Lipinski definition) is 2. The normalized spacial score (nSPS) is 10.1. The number of carbonyl (C=O) groups is 2. The summed E-state index contributed by atoms with van der Waals surface area (Å²) in [5.41, 5.74) is 7.67. The first-order valence-corrected chi connectivity index (χ1v) is 7.45. The summed E-state index contributed by atoms with van der Waals surface area (Å²) >= 11 is 5.90. The molecule has 0 saturated heterocycles. The highest BCUT2D eigenvalue weighted by atomic mass is 35.5. The standard InChI is InChI=1S/C17H17ClN2O4/c1-10-4-3-5-11(6-10)20-16(21)9-24-17(22)12-7-13(18)14(19)8-15(12)23-2/h3-8H,9,19H2,1-2H3,(H,20,21). The van der Waals surface area contributed by atoms with Gasteiger partial charge in [0, 0.05) is 11.8 Å². The molecule has 0 aliphatic carbocycles. The quantitative estimate of drug-likeness (QED) is 0.640. The highest BCUT2D eigenvalue weighted by Crippen LogP contribution is 2.29. The van der Waals surface area contributed by atoms with Crippen LogP contribution >= 0.6 is 11.6 Å². The van der Waals surface area contributed by atoms with E-state index in [2.05, 4.69) is 5.32 Å². The maximum absolute atomic E-state index is 12.1. The van der Waals surface area contributed by atoms with Crippen LogP contribution in [0.3, 0.4) is 0 Å². The number of benzene rings is 2. The van der Waals surface area contributed by atoms with Gasteiger partial charge in [0.1, 0.15) is 11.3 Å². The molecule has 0 aliphatic heterocycles. The Balaban J connectivity index is 2.00. The number of nitrogen functional groups attached to an aromatic ring is 1. The molecule has 0 unspecified atom stereocenters. The molecule has 0 aliphatic rings. The Morgan fingerprint density at radius 3 is 2.67 bits per heavy atom. The van der Waals surface area contributed by atoms with Gasteiger partial charge in [0.2, 0.25) is 0 Å². The summed E-state index contributed by atoms with van der Waals surface area (Å²) < 4.78 is 10.1. The van der Waals surface area contributed by atoms with Gasteiger partial charge in [-0.05, 0) is 30.7 Å². The fraction of sp³-hybridized carbons (Fsp3) is 0.176. The van der Waals surface area contributed by atoms with Crippen molar-refractivity contribution in [2.24, 2.45) is 0 Å². The number of halogens is 1. The van der Waals surface area contributed by atoms with Crippen molar-refractivity contribution in [2.45, 2.75) is 6.92 Å². The van der Waals surface area contributed by atoms with Crippen LogP contribution in [0.1, 0.15) is 15.9 Å². The molecule has 0 aromatic heterocycles. The zero-order chi connectivity index (χ0) is 17.7. The van der Waals surface area contributed by atoms with Crippen molar-refractivity contribution < 1.29 is 19.1 Å². The Morgan fingerprint density at radius 2 is 2.00 bits per heavy atom. The van der Waals surface area contributed by atoms with Crippen molar-refractivity contribution in [2.75, 3.05) is 24.8 Å². The summed E-state index contributed by atoms with van der Waals surface area (Å²) in [6.45, 7) is 1.48. The molecule has 0 atom stereocenters. The van der Waals surface area contributed by atoms with Crippen LogP contribution in [-0.4, -0.2) is 25.6 Å². The molecule has 2 aromatic carbocycles. The molecule has 126 valence electrons. The number of carbonyl (C=O) groups excluding carboxylic acids is 2. The largest absolute Gasteiger partial charge is 0.496 e. The maximum atomic E-state index is 12.1. The summed E-state index contributed by atoms with van der Waals surface area (Å²) in [6.07, 6.45) is 0. The Morgan fingerprint density at radius 1 is 1.25 bits per heavy atom. The molecule has 2 aromatic rings. The number of anilines is 2. The van der Waals surface area contributed by atoms with Gasteiger partial charge >= 0.3 is 5.97 Å². The molecule has 0 bridgehead atoms. The number of nitrogens with two attached hydrogens (primary N) is 1. The van der Waals surface area contributed by atoms with Crippen LogP contribution in [0.25, 0.3) is 0 Å². The van der Waals surface area contributed by atoms with Crippen LogP contribution in [0.5, 0.6) is 5.75 Å². The van der Waals surface area contributed by atoms with Gasteiger partial charge in [-0.25, -0.2) is 4.79 Å². The molecule has 0 heterocycles. The summed E-state index contributed by atoms with van der Waals surface area (Å²) in [5.74, 6) is -0.955. The van der Waals surface area contributed by atoms with Gasteiger partial charge in [0.05, 0.1) is 17.8 Å². The van der Waals surface area contributed by atoms with E-state index in [1.54, 1.807) is 6.07 Å². The fourth-order valence-corrected chi connectivity index (χ4v) is 2.19. The van der Waals surface area contributed by atoms with Crippen molar-refractivity contribution in [1.82, 2.24) is 0 Å². The summed E-state index contributed by atoms with van der Waals surface area (Å²) in [6, 6.07) is 10.0. The topological polar surface area (TPSA) is 90.7 Å². The van der Waals surface area contributed by atoms with Crippen molar-refractivity contribution >= 4 is 34.9 Å². The van der Waals surface area contributed by atoms with E-state index < -0.39 is 18.5 Å². The number of rotatable bonds is 5. The predicted molar refractivity (Wildman–Crippen MR) is 92.5 cm³/mol. The van der Waals surface area contributed by atoms with Gasteiger partial charge in [0.25, 0.3) is 5.91 Å². The minimum absolute atomic E-state index is 0.0973. The van der Waals surface area contributed by atoms with Crippen LogP contribution in [0, 0.1) is 6.92 Å². The third-order valence-electron chi connectivity index (χ3n) is 3.17. The number of amides is 1. The van der Waals surface area contributed by atoms with Crippen molar-refractivity contribution in [3.8, 4) is 5.75 Å². The van der Waals surface area contributed by atoms with Gasteiger partial charge < -0.3 is 20.5 Å². The van der Waals surface area contributed by atoms with Gasteiger partial charge in [-0.3, -0.25) is 4.79 Å². The second-order valence-electron chi connectivity index (χ2n) is 5.07. The van der Waals surface area contributed by atoms with Crippen LogP contribution in [0.15, 0.2) is 36.4 Å². The van der Waals surface area contributed by atoms with Gasteiger partial charge in [0.15, 0.2) is 6.61 Å². The van der Waals surface area contributed by atoms with E-state index in [1.165, 1.54) is 19.2 Å². The second kappa shape index (κ2) is 7.70.